The van der Waals surface area contributed by atoms with E-state index in [1.54, 1.807) is 0 Å². The molecule has 16 heavy (non-hydrogen) atoms. The molecule has 2 rings (SSSR count). The largest absolute Gasteiger partial charge is 0.353 e. The molecule has 1 fully saturated rings. The summed E-state index contributed by atoms with van der Waals surface area (Å²) in [6.07, 6.45) is 2.23. The fraction of sp³-hybridized carbons (Fsp3) is 0.667. The lowest BCUT2D eigenvalue weighted by molar-refractivity contribution is 0.305. The Balaban J connectivity index is 2.06. The highest BCUT2D eigenvalue weighted by atomic mass is 15.3. The average molecular weight is 220 g/mol. The van der Waals surface area contributed by atoms with Gasteiger partial charge < -0.3 is 10.6 Å². The Kier molecular flexibility index (Phi) is 2.84. The molecule has 0 saturated carbocycles. The molecular formula is C12H20N4. The van der Waals surface area contributed by atoms with Crippen LogP contribution < -0.4 is 10.6 Å². The molecule has 2 heterocycles. The third-order valence-electron chi connectivity index (χ3n) is 3.04. The van der Waals surface area contributed by atoms with Crippen LogP contribution in [0.5, 0.6) is 0 Å². The Bertz CT molecular complexity index is 362. The summed E-state index contributed by atoms with van der Waals surface area (Å²) in [4.78, 5) is 11.0. The van der Waals surface area contributed by atoms with Crippen molar-refractivity contribution >= 4 is 5.82 Å². The van der Waals surface area contributed by atoms with Gasteiger partial charge in [0.1, 0.15) is 11.6 Å². The van der Waals surface area contributed by atoms with Crippen LogP contribution in [0.4, 0.5) is 5.82 Å². The van der Waals surface area contributed by atoms with Crippen molar-refractivity contribution in [3.8, 4) is 0 Å². The van der Waals surface area contributed by atoms with Gasteiger partial charge in [-0.1, -0.05) is 13.3 Å². The van der Waals surface area contributed by atoms with E-state index in [0.717, 1.165) is 43.3 Å². The minimum Gasteiger partial charge on any atom is -0.353 e. The molecule has 1 saturated heterocycles. The van der Waals surface area contributed by atoms with Gasteiger partial charge in [-0.15, -0.1) is 0 Å². The fourth-order valence-electron chi connectivity index (χ4n) is 2.39. The molecule has 4 heteroatoms. The van der Waals surface area contributed by atoms with E-state index in [-0.39, 0.29) is 5.54 Å². The summed E-state index contributed by atoms with van der Waals surface area (Å²) in [6, 6.07) is 2.03. The molecule has 0 spiro atoms. The van der Waals surface area contributed by atoms with Crippen LogP contribution in [-0.2, 0) is 0 Å². The Morgan fingerprint density at radius 2 is 2.06 bits per heavy atom. The summed E-state index contributed by atoms with van der Waals surface area (Å²) < 4.78 is 0. The zero-order chi connectivity index (χ0) is 11.8. The molecule has 0 aliphatic carbocycles. The van der Waals surface area contributed by atoms with Crippen LogP contribution in [0.25, 0.3) is 0 Å². The van der Waals surface area contributed by atoms with Gasteiger partial charge in [-0.05, 0) is 20.3 Å². The van der Waals surface area contributed by atoms with E-state index in [9.17, 15) is 0 Å². The number of aromatic nitrogens is 2. The van der Waals surface area contributed by atoms with Crippen LogP contribution in [-0.4, -0.2) is 28.6 Å². The number of aryl methyl sites for hydroxylation is 2. The van der Waals surface area contributed by atoms with Crippen molar-refractivity contribution < 1.29 is 0 Å². The predicted molar refractivity (Wildman–Crippen MR) is 65.5 cm³/mol. The third kappa shape index (κ3) is 2.16. The van der Waals surface area contributed by atoms with E-state index in [1.165, 1.54) is 0 Å². The first-order valence-electron chi connectivity index (χ1n) is 5.88. The Morgan fingerprint density at radius 1 is 1.38 bits per heavy atom. The third-order valence-corrected chi connectivity index (χ3v) is 3.04. The van der Waals surface area contributed by atoms with Crippen LogP contribution in [0, 0.1) is 13.8 Å². The standard InChI is InChI=1S/C12H20N4/c1-4-5-12(13)7-16(8-12)11-6-9(2)14-10(3)15-11/h6H,4-5,7-8,13H2,1-3H3. The Morgan fingerprint density at radius 3 is 2.62 bits per heavy atom. The number of nitrogens with two attached hydrogens (primary N) is 1. The quantitative estimate of drug-likeness (QED) is 0.837. The maximum atomic E-state index is 6.23. The normalized spacial score (nSPS) is 18.4. The van der Waals surface area contributed by atoms with E-state index < -0.39 is 0 Å². The SMILES string of the molecule is CCCC1(N)CN(c2cc(C)nc(C)n2)C1. The summed E-state index contributed by atoms with van der Waals surface area (Å²) in [5.74, 6) is 1.85. The summed E-state index contributed by atoms with van der Waals surface area (Å²) >= 11 is 0. The summed E-state index contributed by atoms with van der Waals surface area (Å²) in [5.41, 5.74) is 7.25. The van der Waals surface area contributed by atoms with Crippen molar-refractivity contribution in [3.05, 3.63) is 17.6 Å². The zero-order valence-electron chi connectivity index (χ0n) is 10.3. The lowest BCUT2D eigenvalue weighted by Gasteiger charge is -2.48. The van der Waals surface area contributed by atoms with Gasteiger partial charge in [0.05, 0.1) is 5.54 Å². The topological polar surface area (TPSA) is 55.0 Å². The lowest BCUT2D eigenvalue weighted by atomic mass is 9.86. The maximum Gasteiger partial charge on any atom is 0.132 e. The highest BCUT2D eigenvalue weighted by Crippen LogP contribution is 2.27. The molecule has 0 unspecified atom stereocenters. The Labute approximate surface area is 96.9 Å². The van der Waals surface area contributed by atoms with Gasteiger partial charge in [-0.2, -0.15) is 0 Å². The first-order valence-corrected chi connectivity index (χ1v) is 5.88. The van der Waals surface area contributed by atoms with Crippen LogP contribution >= 0.6 is 0 Å². The highest BCUT2D eigenvalue weighted by Gasteiger charge is 2.39. The van der Waals surface area contributed by atoms with Gasteiger partial charge in [-0.25, -0.2) is 9.97 Å². The highest BCUT2D eigenvalue weighted by molar-refractivity contribution is 5.45. The number of rotatable bonds is 3. The second-order valence-electron chi connectivity index (χ2n) is 4.88. The van der Waals surface area contributed by atoms with Crippen molar-refractivity contribution in [1.82, 2.24) is 9.97 Å². The predicted octanol–water partition coefficient (Wildman–Crippen LogP) is 1.41. The first-order chi connectivity index (χ1) is 7.52. The second kappa shape index (κ2) is 4.01. The molecule has 2 N–H and O–H groups in total. The number of hydrogen-bond donors (Lipinski definition) is 1. The fourth-order valence-corrected chi connectivity index (χ4v) is 2.39. The van der Waals surface area contributed by atoms with Crippen molar-refractivity contribution in [3.63, 3.8) is 0 Å². The van der Waals surface area contributed by atoms with E-state index in [2.05, 4.69) is 21.8 Å². The van der Waals surface area contributed by atoms with Crippen molar-refractivity contribution in [1.29, 1.82) is 0 Å². The molecule has 1 aromatic rings. The molecule has 4 nitrogen and oxygen atoms in total. The van der Waals surface area contributed by atoms with Crippen LogP contribution in [0.2, 0.25) is 0 Å². The lowest BCUT2D eigenvalue weighted by Crippen LogP contribution is -2.67. The zero-order valence-corrected chi connectivity index (χ0v) is 10.3. The Hall–Kier alpha value is -1.16. The molecule has 0 amide bonds. The van der Waals surface area contributed by atoms with Gasteiger partial charge in [-0.3, -0.25) is 0 Å². The minimum absolute atomic E-state index is 0.00150. The maximum absolute atomic E-state index is 6.23. The summed E-state index contributed by atoms with van der Waals surface area (Å²) in [5, 5.41) is 0. The van der Waals surface area contributed by atoms with Crippen LogP contribution in [0.15, 0.2) is 6.07 Å². The second-order valence-corrected chi connectivity index (χ2v) is 4.88. The van der Waals surface area contributed by atoms with Gasteiger partial charge in [0.25, 0.3) is 0 Å². The monoisotopic (exact) mass is 220 g/mol. The average Bonchev–Trinajstić information content (AvgIpc) is 2.12. The van der Waals surface area contributed by atoms with Crippen molar-refractivity contribution in [2.75, 3.05) is 18.0 Å². The van der Waals surface area contributed by atoms with Crippen molar-refractivity contribution in [2.24, 2.45) is 5.73 Å². The summed E-state index contributed by atoms with van der Waals surface area (Å²) in [7, 11) is 0. The molecule has 88 valence electrons. The smallest absolute Gasteiger partial charge is 0.132 e. The molecule has 1 aliphatic rings. The molecule has 0 aromatic carbocycles. The van der Waals surface area contributed by atoms with E-state index >= 15 is 0 Å². The molecule has 0 bridgehead atoms. The number of anilines is 1. The summed E-state index contributed by atoms with van der Waals surface area (Å²) in [6.45, 7) is 7.93. The van der Waals surface area contributed by atoms with E-state index in [0.29, 0.717) is 0 Å². The molecule has 0 radical (unpaired) electrons. The van der Waals surface area contributed by atoms with Gasteiger partial charge in [0.15, 0.2) is 0 Å². The number of hydrogen-bond acceptors (Lipinski definition) is 4. The molecule has 1 aromatic heterocycles. The van der Waals surface area contributed by atoms with Crippen molar-refractivity contribution in [2.45, 2.75) is 39.2 Å². The molecule has 0 atom stereocenters. The van der Waals surface area contributed by atoms with Gasteiger partial charge in [0.2, 0.25) is 0 Å². The van der Waals surface area contributed by atoms with E-state index in [1.807, 2.05) is 19.9 Å². The van der Waals surface area contributed by atoms with Gasteiger partial charge in [0, 0.05) is 24.8 Å². The molecular weight excluding hydrogens is 200 g/mol. The molecule has 1 aliphatic heterocycles. The van der Waals surface area contributed by atoms with E-state index in [4.69, 9.17) is 5.73 Å². The van der Waals surface area contributed by atoms with Gasteiger partial charge >= 0.3 is 0 Å². The van der Waals surface area contributed by atoms with Crippen LogP contribution in [0.1, 0.15) is 31.3 Å². The minimum atomic E-state index is 0.00150. The first kappa shape index (κ1) is 11.3. The van der Waals surface area contributed by atoms with Crippen LogP contribution in [0.3, 0.4) is 0 Å². The number of nitrogens with zero attached hydrogens (tertiary/aromatic N) is 3.